The number of anilines is 2. The Hall–Kier alpha value is -9.36. The molecule has 2 N–H and O–H groups in total. The number of benzene rings is 8. The molecular formula is C76H70Cl4N12O4Si. The Labute approximate surface area is 583 Å². The van der Waals surface area contributed by atoms with Crippen LogP contribution in [0.4, 0.5) is 23.0 Å². The zero-order valence-corrected chi connectivity index (χ0v) is 57.3. The lowest BCUT2D eigenvalue weighted by atomic mass is 10.1. The lowest BCUT2D eigenvalue weighted by Crippen LogP contribution is -2.68. The quantitative estimate of drug-likeness (QED) is 0.0366. The lowest BCUT2D eigenvalue weighted by Gasteiger charge is -2.33. The number of carbonyl (C=O) groups excluding carboxylic acids is 2. The number of nitrogens with one attached hydrogen (secondary N) is 2. The van der Waals surface area contributed by atoms with Gasteiger partial charge in [0.1, 0.15) is 34.1 Å². The van der Waals surface area contributed by atoms with Crippen LogP contribution in [0.2, 0.25) is 0 Å². The molecule has 0 saturated carbocycles. The highest BCUT2D eigenvalue weighted by Gasteiger charge is 2.57. The fourth-order valence-electron chi connectivity index (χ4n) is 13.1. The highest BCUT2D eigenvalue weighted by Crippen LogP contribution is 2.44. The fraction of sp³-hybridized carbons (Fsp3) is 0.237. The van der Waals surface area contributed by atoms with Crippen LogP contribution in [0.3, 0.4) is 0 Å². The number of fused-ring (bicyclic) bond motifs is 14. The third-order valence-electron chi connectivity index (χ3n) is 17.9. The van der Waals surface area contributed by atoms with Gasteiger partial charge in [0.05, 0.1) is 0 Å². The zero-order chi connectivity index (χ0) is 66.2. The third kappa shape index (κ3) is 13.7. The van der Waals surface area contributed by atoms with Gasteiger partial charge in [0.25, 0.3) is 0 Å². The Morgan fingerprint density at radius 3 is 1.08 bits per heavy atom. The molecule has 0 saturated heterocycles. The van der Waals surface area contributed by atoms with Gasteiger partial charge < -0.3 is 29.3 Å². The molecule has 0 radical (unpaired) electrons. The first kappa shape index (κ1) is 64.9. The molecule has 4 aliphatic rings. The first-order chi connectivity index (χ1) is 47.7. The SMILES string of the molecule is O=C(CCCc1ccc(N(CCCl)CCCl)cc1)NCCc1ccc(O[Si]2(Oc3ccc(CCNC(=O)CCCc4ccc(N(CCCl)CCCl)cc4)cc3)n3c4c5ccccc5c3N=C3N=C(N=c5c6ccccc6c(n52)=NC2=NC(=N4)c4ccccc42)c2ccccc23)cc1. The first-order valence-corrected chi connectivity index (χ1v) is 36.8. The van der Waals surface area contributed by atoms with E-state index < -0.39 is 8.88 Å². The molecule has 0 unspecified atom stereocenters. The summed E-state index contributed by atoms with van der Waals surface area (Å²) in [4.78, 5) is 63.9. The molecule has 21 heteroatoms. The number of nitrogens with zero attached hydrogens (tertiary/aromatic N) is 10. The van der Waals surface area contributed by atoms with Crippen molar-refractivity contribution in [1.82, 2.24) is 19.1 Å². The number of amidine groups is 4. The number of hydrogen-bond acceptors (Lipinski definition) is 12. The summed E-state index contributed by atoms with van der Waals surface area (Å²) >= 11 is 24.2. The fourth-order valence-corrected chi connectivity index (χ4v) is 17.1. The van der Waals surface area contributed by atoms with Crippen molar-refractivity contribution in [3.8, 4) is 11.5 Å². The molecule has 14 rings (SSSR count). The van der Waals surface area contributed by atoms with E-state index in [1.807, 2.05) is 154 Å². The summed E-state index contributed by atoms with van der Waals surface area (Å²) in [7, 11) is -4.73. The number of hydrogen-bond donors (Lipinski definition) is 2. The van der Waals surface area contributed by atoms with Gasteiger partial charge in [0, 0.05) is 131 Å². The Kier molecular flexibility index (Phi) is 19.8. The van der Waals surface area contributed by atoms with E-state index in [4.69, 9.17) is 85.2 Å². The van der Waals surface area contributed by atoms with Crippen molar-refractivity contribution in [2.45, 2.75) is 51.4 Å². The van der Waals surface area contributed by atoms with E-state index in [1.165, 1.54) is 11.1 Å². The van der Waals surface area contributed by atoms with Crippen LogP contribution < -0.4 is 40.3 Å². The van der Waals surface area contributed by atoms with E-state index in [2.05, 4.69) is 69.0 Å². The summed E-state index contributed by atoms with van der Waals surface area (Å²) in [6, 6.07) is 65.0. The van der Waals surface area contributed by atoms with E-state index >= 15 is 0 Å². The summed E-state index contributed by atoms with van der Waals surface area (Å²) < 4.78 is 20.1. The molecule has 6 heterocycles. The van der Waals surface area contributed by atoms with Crippen molar-refractivity contribution < 1.29 is 18.4 Å². The van der Waals surface area contributed by atoms with Crippen LogP contribution in [-0.2, 0) is 35.3 Å². The van der Waals surface area contributed by atoms with Gasteiger partial charge in [0.15, 0.2) is 23.3 Å². The topological polar surface area (TPSA) is 167 Å². The van der Waals surface area contributed by atoms with Crippen molar-refractivity contribution in [3.63, 3.8) is 0 Å². The number of aliphatic imine (C=N–C) groups is 4. The number of rotatable bonds is 28. The van der Waals surface area contributed by atoms with Crippen molar-refractivity contribution in [2.24, 2.45) is 30.0 Å². The van der Waals surface area contributed by atoms with Crippen molar-refractivity contribution >= 4 is 135 Å². The zero-order valence-electron chi connectivity index (χ0n) is 53.3. The Morgan fingerprint density at radius 2 is 0.711 bits per heavy atom. The number of halogens is 4. The smallest absolute Gasteiger partial charge is 0.480 e. The van der Waals surface area contributed by atoms with Gasteiger partial charge in [-0.1, -0.05) is 146 Å². The van der Waals surface area contributed by atoms with Crippen LogP contribution >= 0.6 is 46.4 Å². The molecule has 0 spiro atoms. The normalized spacial score (nSPS) is 13.6. The van der Waals surface area contributed by atoms with E-state index in [-0.39, 0.29) is 11.8 Å². The highest BCUT2D eigenvalue weighted by molar-refractivity contribution is 6.67. The van der Waals surface area contributed by atoms with Gasteiger partial charge in [-0.15, -0.1) is 46.4 Å². The molecule has 10 aromatic rings. The van der Waals surface area contributed by atoms with Crippen LogP contribution in [0.1, 0.15) is 70.2 Å². The predicted molar refractivity (Wildman–Crippen MR) is 395 cm³/mol. The second kappa shape index (κ2) is 29.5. The van der Waals surface area contributed by atoms with Crippen molar-refractivity contribution in [1.29, 1.82) is 0 Å². The highest BCUT2D eigenvalue weighted by atomic mass is 35.5. The maximum Gasteiger partial charge on any atom is 0.738 e. The summed E-state index contributed by atoms with van der Waals surface area (Å²) in [6.07, 6.45) is 4.97. The lowest BCUT2D eigenvalue weighted by molar-refractivity contribution is -0.122. The molecule has 2 amide bonds. The van der Waals surface area contributed by atoms with Gasteiger partial charge in [0.2, 0.25) is 11.8 Å². The molecular weight excluding hydrogens is 1310 g/mol. The maximum absolute atomic E-state index is 13.3. The van der Waals surface area contributed by atoms with Crippen molar-refractivity contribution in [3.05, 3.63) is 250 Å². The van der Waals surface area contributed by atoms with E-state index in [0.29, 0.717) is 120 Å². The average Bonchev–Trinajstić information content (AvgIpc) is 1.54. The minimum absolute atomic E-state index is 0.000601. The second-order valence-corrected chi connectivity index (χ2v) is 28.0. The van der Waals surface area contributed by atoms with Gasteiger partial charge in [-0.2, -0.15) is 0 Å². The third-order valence-corrected chi connectivity index (χ3v) is 21.6. The first-order valence-electron chi connectivity index (χ1n) is 33.0. The van der Waals surface area contributed by atoms with E-state index in [1.54, 1.807) is 0 Å². The number of aromatic nitrogens is 2. The maximum atomic E-state index is 13.3. The molecule has 97 heavy (non-hydrogen) atoms. The number of aryl methyl sites for hydroxylation is 2. The molecule has 2 aromatic heterocycles. The van der Waals surface area contributed by atoms with E-state index in [0.717, 1.165) is 118 Å². The Balaban J connectivity index is 0.805. The molecule has 8 aromatic carbocycles. The molecule has 490 valence electrons. The molecule has 0 fully saturated rings. The van der Waals surface area contributed by atoms with Crippen LogP contribution in [0.5, 0.6) is 11.5 Å². The Morgan fingerprint density at radius 1 is 0.381 bits per heavy atom. The number of amides is 2. The van der Waals surface area contributed by atoms with Crippen LogP contribution in [0.25, 0.3) is 21.5 Å². The summed E-state index contributed by atoms with van der Waals surface area (Å²) in [5.41, 5.74) is 10.8. The standard InChI is InChI=1S/C76H70Cl4N12O4Si/c77-41-47-89(48-42-78)55-31-23-51(24-32-55)11-9-21-67(93)81-45-39-53-27-35-57(36-28-53)95-97(96-58-37-29-54(30-38-58)40-46-82-68(94)22-10-12-52-25-33-56(34-26-52)90(49-43-79)50-44-80)91-73-63-17-5-6-18-64(63)75(91)87-71-61-15-3-4-16-62(61)72(84-71)88-76-66-20-8-7-19-65(66)74(92(76)97)86-70-60-14-2-1-13-59(60)69(83-70)85-73/h1-8,13-20,23-38H,9-12,21-22,39-50H2,(H,81,93)(H,82,94). The molecule has 0 atom stereocenters. The van der Waals surface area contributed by atoms with Gasteiger partial charge in [-0.25, -0.2) is 30.0 Å². The summed E-state index contributed by atoms with van der Waals surface area (Å²) in [5, 5.41) is 9.44. The van der Waals surface area contributed by atoms with Gasteiger partial charge in [-0.3, -0.25) is 18.1 Å². The number of carbonyl (C=O) groups is 2. The average molecular weight is 1390 g/mol. The van der Waals surface area contributed by atoms with Gasteiger partial charge >= 0.3 is 8.88 Å². The second-order valence-electron chi connectivity index (χ2n) is 24.1. The molecule has 0 aliphatic carbocycles. The molecule has 4 aliphatic heterocycles. The van der Waals surface area contributed by atoms with Crippen molar-refractivity contribution in [2.75, 3.05) is 72.6 Å². The van der Waals surface area contributed by atoms with Crippen LogP contribution in [0, 0.1) is 0 Å². The monoisotopic (exact) mass is 1380 g/mol. The summed E-state index contributed by atoms with van der Waals surface area (Å²) in [6.45, 7) is 3.79. The largest absolute Gasteiger partial charge is 0.738 e. The minimum Gasteiger partial charge on any atom is -0.480 e. The van der Waals surface area contributed by atoms with Crippen LogP contribution in [-0.4, -0.2) is 115 Å². The number of alkyl halides is 4. The molecule has 16 nitrogen and oxygen atoms in total. The Bertz CT molecular complexity index is 4540. The van der Waals surface area contributed by atoms with E-state index in [9.17, 15) is 9.59 Å². The van der Waals surface area contributed by atoms with Gasteiger partial charge in [-0.05, 0) is 109 Å². The van der Waals surface area contributed by atoms with Crippen LogP contribution in [0.15, 0.2) is 224 Å². The predicted octanol–water partition coefficient (Wildman–Crippen LogP) is 13.5. The minimum atomic E-state index is -4.73. The molecule has 6 bridgehead atoms. The summed E-state index contributed by atoms with van der Waals surface area (Å²) in [5.74, 6) is 5.95.